The number of pyridine rings is 1. The summed E-state index contributed by atoms with van der Waals surface area (Å²) in [6.07, 6.45) is 3.92. The molecule has 1 fully saturated rings. The van der Waals surface area contributed by atoms with E-state index in [0.29, 0.717) is 22.5 Å². The normalized spacial score (nSPS) is 16.6. The van der Waals surface area contributed by atoms with Crippen LogP contribution in [0.1, 0.15) is 24.4 Å². The summed E-state index contributed by atoms with van der Waals surface area (Å²) in [5.74, 6) is 1.98. The molecule has 1 aliphatic rings. The minimum absolute atomic E-state index is 0.114. The third-order valence-corrected chi connectivity index (χ3v) is 6.03. The van der Waals surface area contributed by atoms with Gasteiger partial charge in [-0.3, -0.25) is 9.69 Å². The van der Waals surface area contributed by atoms with Crippen molar-refractivity contribution < 1.29 is 4.74 Å². The maximum absolute atomic E-state index is 13.7. The first-order chi connectivity index (χ1) is 15.2. The minimum atomic E-state index is -0.114. The molecule has 3 heterocycles. The average molecular weight is 412 g/mol. The van der Waals surface area contributed by atoms with Gasteiger partial charge in [0, 0.05) is 23.4 Å². The minimum Gasteiger partial charge on any atom is -0.497 e. The number of para-hydroxylation sites is 1. The molecule has 0 N–H and O–H groups in total. The number of aromatic nitrogens is 3. The Hall–Kier alpha value is -3.51. The van der Waals surface area contributed by atoms with Crippen LogP contribution < -0.4 is 10.3 Å². The molecule has 156 valence electrons. The molecule has 1 aliphatic heterocycles. The van der Waals surface area contributed by atoms with Gasteiger partial charge in [-0.2, -0.15) is 0 Å². The number of hydrogen-bond donors (Lipinski definition) is 0. The molecule has 0 radical (unpaired) electrons. The highest BCUT2D eigenvalue weighted by Gasteiger charge is 2.27. The van der Waals surface area contributed by atoms with Crippen molar-refractivity contribution in [3.05, 3.63) is 82.8 Å². The van der Waals surface area contributed by atoms with E-state index in [9.17, 15) is 4.79 Å². The fourth-order valence-corrected chi connectivity index (χ4v) is 4.42. The Morgan fingerprint density at radius 2 is 1.84 bits per heavy atom. The molecule has 1 unspecified atom stereocenters. The Balaban J connectivity index is 1.81. The lowest BCUT2D eigenvalue weighted by Gasteiger charge is -2.23. The van der Waals surface area contributed by atoms with Crippen LogP contribution in [0.4, 0.5) is 0 Å². The molecular weight excluding hydrogens is 388 g/mol. The van der Waals surface area contributed by atoms with Gasteiger partial charge < -0.3 is 4.74 Å². The number of ether oxygens (including phenoxy) is 1. The second kappa shape index (κ2) is 7.96. The van der Waals surface area contributed by atoms with E-state index in [1.807, 2.05) is 54.6 Å². The molecule has 6 heteroatoms. The van der Waals surface area contributed by atoms with Crippen LogP contribution in [0.2, 0.25) is 0 Å². The predicted octanol–water partition coefficient (Wildman–Crippen LogP) is 4.22. The molecule has 0 saturated carbocycles. The first-order valence-electron chi connectivity index (χ1n) is 10.5. The van der Waals surface area contributed by atoms with Crippen molar-refractivity contribution in [2.45, 2.75) is 18.9 Å². The highest BCUT2D eigenvalue weighted by molar-refractivity contribution is 5.80. The molecular formula is C25H24N4O2. The zero-order valence-corrected chi connectivity index (χ0v) is 17.7. The molecule has 2 aromatic heterocycles. The molecule has 31 heavy (non-hydrogen) atoms. The smallest absolute Gasteiger partial charge is 0.267 e. The lowest BCUT2D eigenvalue weighted by molar-refractivity contribution is 0.316. The summed E-state index contributed by atoms with van der Waals surface area (Å²) < 4.78 is 6.98. The monoisotopic (exact) mass is 412 g/mol. The second-order valence-corrected chi connectivity index (χ2v) is 7.88. The van der Waals surface area contributed by atoms with Crippen LogP contribution >= 0.6 is 0 Å². The van der Waals surface area contributed by atoms with Gasteiger partial charge in [0.1, 0.15) is 17.4 Å². The SMILES string of the molecule is COc1ccc(-c2nc3ccccc3c(=O)n2-c2ncccc2C2CCCN2C)cc1. The van der Waals surface area contributed by atoms with Gasteiger partial charge in [0.2, 0.25) is 0 Å². The summed E-state index contributed by atoms with van der Waals surface area (Å²) in [5.41, 5.74) is 2.44. The molecule has 0 bridgehead atoms. The van der Waals surface area contributed by atoms with Gasteiger partial charge in [-0.25, -0.2) is 14.5 Å². The first kappa shape index (κ1) is 19.5. The first-order valence-corrected chi connectivity index (χ1v) is 10.5. The Labute approximate surface area is 180 Å². The van der Waals surface area contributed by atoms with E-state index in [1.54, 1.807) is 17.9 Å². The van der Waals surface area contributed by atoms with Crippen molar-refractivity contribution >= 4 is 10.9 Å². The van der Waals surface area contributed by atoms with Crippen LogP contribution in [0.3, 0.4) is 0 Å². The van der Waals surface area contributed by atoms with Crippen LogP contribution in [-0.2, 0) is 0 Å². The number of benzene rings is 2. The van der Waals surface area contributed by atoms with E-state index in [2.05, 4.69) is 23.0 Å². The van der Waals surface area contributed by atoms with Crippen LogP contribution in [0.5, 0.6) is 5.75 Å². The molecule has 4 aromatic rings. The van der Waals surface area contributed by atoms with Gasteiger partial charge in [0.05, 0.1) is 18.0 Å². The largest absolute Gasteiger partial charge is 0.497 e. The van der Waals surface area contributed by atoms with E-state index < -0.39 is 0 Å². The molecule has 1 saturated heterocycles. The zero-order chi connectivity index (χ0) is 21.4. The van der Waals surface area contributed by atoms with Crippen molar-refractivity contribution in [3.8, 4) is 23.0 Å². The number of nitrogens with zero attached hydrogens (tertiary/aromatic N) is 4. The highest BCUT2D eigenvalue weighted by atomic mass is 16.5. The molecule has 0 spiro atoms. The average Bonchev–Trinajstić information content (AvgIpc) is 3.25. The Kier molecular flexibility index (Phi) is 5.00. The van der Waals surface area contributed by atoms with Crippen molar-refractivity contribution in [1.82, 2.24) is 19.4 Å². The summed E-state index contributed by atoms with van der Waals surface area (Å²) in [4.78, 5) is 25.6. The van der Waals surface area contributed by atoms with Gasteiger partial charge in [0.15, 0.2) is 0 Å². The molecule has 0 amide bonds. The lowest BCUT2D eigenvalue weighted by Crippen LogP contribution is -2.26. The van der Waals surface area contributed by atoms with Crippen LogP contribution in [0.15, 0.2) is 71.7 Å². The van der Waals surface area contributed by atoms with E-state index >= 15 is 0 Å². The van der Waals surface area contributed by atoms with Crippen LogP contribution in [0.25, 0.3) is 28.1 Å². The number of likely N-dealkylation sites (tertiary alicyclic amines) is 1. The Morgan fingerprint density at radius 3 is 2.58 bits per heavy atom. The number of fused-ring (bicyclic) bond motifs is 1. The van der Waals surface area contributed by atoms with Gasteiger partial charge in [0.25, 0.3) is 5.56 Å². The van der Waals surface area contributed by atoms with Gasteiger partial charge in [-0.1, -0.05) is 18.2 Å². The predicted molar refractivity (Wildman–Crippen MR) is 122 cm³/mol. The highest BCUT2D eigenvalue weighted by Crippen LogP contribution is 2.34. The van der Waals surface area contributed by atoms with E-state index in [-0.39, 0.29) is 11.6 Å². The molecule has 2 aromatic carbocycles. The van der Waals surface area contributed by atoms with Crippen molar-refractivity contribution in [2.75, 3.05) is 20.7 Å². The van der Waals surface area contributed by atoms with Gasteiger partial charge >= 0.3 is 0 Å². The van der Waals surface area contributed by atoms with Crippen molar-refractivity contribution in [3.63, 3.8) is 0 Å². The fraction of sp³-hybridized carbons (Fsp3) is 0.240. The molecule has 6 nitrogen and oxygen atoms in total. The quantitative estimate of drug-likeness (QED) is 0.502. The summed E-state index contributed by atoms with van der Waals surface area (Å²) in [6, 6.07) is 19.3. The maximum Gasteiger partial charge on any atom is 0.267 e. The van der Waals surface area contributed by atoms with Gasteiger partial charge in [-0.05, 0) is 68.9 Å². The summed E-state index contributed by atoms with van der Waals surface area (Å²) in [6.45, 7) is 1.04. The summed E-state index contributed by atoms with van der Waals surface area (Å²) in [7, 11) is 3.76. The fourth-order valence-electron chi connectivity index (χ4n) is 4.42. The standard InChI is InChI=1S/C25H24N4O2/c1-28-16-6-10-22(28)20-8-5-15-26-24(20)29-23(17-11-13-18(31-2)14-12-17)27-21-9-4-3-7-19(21)25(29)30/h3-5,7-9,11-15,22H,6,10,16H2,1-2H3. The van der Waals surface area contributed by atoms with E-state index in [1.165, 1.54) is 0 Å². The van der Waals surface area contributed by atoms with E-state index in [4.69, 9.17) is 9.72 Å². The molecule has 1 atom stereocenters. The van der Waals surface area contributed by atoms with Crippen LogP contribution in [-0.4, -0.2) is 40.1 Å². The molecule has 5 rings (SSSR count). The number of rotatable bonds is 4. The molecule has 0 aliphatic carbocycles. The second-order valence-electron chi connectivity index (χ2n) is 7.88. The third kappa shape index (κ3) is 3.39. The van der Waals surface area contributed by atoms with Crippen LogP contribution in [0, 0.1) is 0 Å². The summed E-state index contributed by atoms with van der Waals surface area (Å²) in [5, 5.41) is 0.580. The number of methoxy groups -OCH3 is 1. The third-order valence-electron chi connectivity index (χ3n) is 6.03. The maximum atomic E-state index is 13.7. The Bertz CT molecular complexity index is 1300. The van der Waals surface area contributed by atoms with Gasteiger partial charge in [-0.15, -0.1) is 0 Å². The van der Waals surface area contributed by atoms with Crippen molar-refractivity contribution in [2.24, 2.45) is 0 Å². The summed E-state index contributed by atoms with van der Waals surface area (Å²) >= 11 is 0. The Morgan fingerprint density at radius 1 is 1.03 bits per heavy atom. The lowest BCUT2D eigenvalue weighted by atomic mass is 10.0. The topological polar surface area (TPSA) is 60.2 Å². The van der Waals surface area contributed by atoms with Crippen molar-refractivity contribution in [1.29, 1.82) is 0 Å². The zero-order valence-electron chi connectivity index (χ0n) is 17.7. The number of hydrogen-bond acceptors (Lipinski definition) is 5. The van der Waals surface area contributed by atoms with E-state index in [0.717, 1.165) is 36.3 Å².